The molecule has 2 saturated carbocycles. The third-order valence-corrected chi connectivity index (χ3v) is 4.92. The summed E-state index contributed by atoms with van der Waals surface area (Å²) in [5.74, 6) is 0.843. The molecule has 0 aromatic heterocycles. The molecule has 0 aliphatic heterocycles. The lowest BCUT2D eigenvalue weighted by atomic mass is 10.1. The van der Waals surface area contributed by atoms with Crippen LogP contribution in [0.3, 0.4) is 0 Å². The molecule has 5 nitrogen and oxygen atoms in total. The Labute approximate surface area is 137 Å². The Morgan fingerprint density at radius 1 is 1.17 bits per heavy atom. The topological polar surface area (TPSA) is 70.6 Å². The molecule has 1 aromatic carbocycles. The first-order chi connectivity index (χ1) is 11.1. The van der Waals surface area contributed by atoms with Crippen molar-refractivity contribution < 1.29 is 14.6 Å². The average Bonchev–Trinajstić information content (AvgIpc) is 3.16. The van der Waals surface area contributed by atoms with Gasteiger partial charge in [-0.25, -0.2) is 4.79 Å². The fraction of sp³-hybridized carbons (Fsp3) is 0.611. The SMILES string of the molecule is Cc1c(NC(=O)NC2CCCC2O)cccc1OC1CCCC1. The fourth-order valence-electron chi connectivity index (χ4n) is 3.50. The first-order valence-corrected chi connectivity index (χ1v) is 8.65. The minimum Gasteiger partial charge on any atom is -0.490 e. The quantitative estimate of drug-likeness (QED) is 0.797. The van der Waals surface area contributed by atoms with Gasteiger partial charge in [0.15, 0.2) is 0 Å². The summed E-state index contributed by atoms with van der Waals surface area (Å²) in [5.41, 5.74) is 1.70. The van der Waals surface area contributed by atoms with Gasteiger partial charge in [-0.15, -0.1) is 0 Å². The molecular formula is C18H26N2O3. The van der Waals surface area contributed by atoms with E-state index in [1.165, 1.54) is 12.8 Å². The highest BCUT2D eigenvalue weighted by atomic mass is 16.5. The number of aliphatic hydroxyl groups excluding tert-OH is 1. The van der Waals surface area contributed by atoms with Crippen LogP contribution in [0.2, 0.25) is 0 Å². The van der Waals surface area contributed by atoms with Gasteiger partial charge in [0.2, 0.25) is 0 Å². The van der Waals surface area contributed by atoms with Gasteiger partial charge in [-0.05, 0) is 64.0 Å². The Hall–Kier alpha value is -1.75. The third-order valence-electron chi connectivity index (χ3n) is 4.92. The normalized spacial score (nSPS) is 24.6. The summed E-state index contributed by atoms with van der Waals surface area (Å²) in [6.07, 6.45) is 7.09. The van der Waals surface area contributed by atoms with Crippen molar-refractivity contribution in [2.24, 2.45) is 0 Å². The lowest BCUT2D eigenvalue weighted by molar-refractivity contribution is 0.151. The predicted octanol–water partition coefficient (Wildman–Crippen LogP) is 3.35. The Morgan fingerprint density at radius 3 is 2.65 bits per heavy atom. The smallest absolute Gasteiger partial charge is 0.319 e. The maximum atomic E-state index is 12.1. The standard InChI is InChI=1S/C18H26N2O3/c1-12-14(19-18(22)20-15-9-4-10-16(15)21)8-5-11-17(12)23-13-6-2-3-7-13/h5,8,11,13,15-16,21H,2-4,6-7,9-10H2,1H3,(H2,19,20,22). The molecule has 5 heteroatoms. The van der Waals surface area contributed by atoms with Gasteiger partial charge in [0.1, 0.15) is 5.75 Å². The second kappa shape index (κ2) is 7.21. The van der Waals surface area contributed by atoms with Crippen LogP contribution in [0.15, 0.2) is 18.2 Å². The molecule has 2 amide bonds. The first-order valence-electron chi connectivity index (χ1n) is 8.65. The van der Waals surface area contributed by atoms with E-state index in [9.17, 15) is 9.90 Å². The van der Waals surface area contributed by atoms with Gasteiger partial charge in [0.05, 0.1) is 18.2 Å². The number of hydrogen-bond acceptors (Lipinski definition) is 3. The third kappa shape index (κ3) is 3.96. The van der Waals surface area contributed by atoms with E-state index >= 15 is 0 Å². The number of benzene rings is 1. The zero-order valence-electron chi connectivity index (χ0n) is 13.7. The van der Waals surface area contributed by atoms with Gasteiger partial charge in [0, 0.05) is 11.3 Å². The molecule has 3 rings (SSSR count). The van der Waals surface area contributed by atoms with Gasteiger partial charge >= 0.3 is 6.03 Å². The number of anilines is 1. The van der Waals surface area contributed by atoms with Crippen LogP contribution in [0.5, 0.6) is 5.75 Å². The lowest BCUT2D eigenvalue weighted by Crippen LogP contribution is -2.42. The number of carbonyl (C=O) groups excluding carboxylic acids is 1. The van der Waals surface area contributed by atoms with Crippen LogP contribution in [-0.2, 0) is 0 Å². The van der Waals surface area contributed by atoms with Crippen molar-refractivity contribution in [1.82, 2.24) is 5.32 Å². The Balaban J connectivity index is 1.61. The van der Waals surface area contributed by atoms with E-state index in [1.54, 1.807) is 0 Å². The number of ether oxygens (including phenoxy) is 1. The number of amides is 2. The maximum absolute atomic E-state index is 12.1. The molecular weight excluding hydrogens is 292 g/mol. The van der Waals surface area contributed by atoms with Crippen LogP contribution < -0.4 is 15.4 Å². The van der Waals surface area contributed by atoms with Crippen LogP contribution in [0.25, 0.3) is 0 Å². The van der Waals surface area contributed by atoms with Crippen molar-refractivity contribution in [3.63, 3.8) is 0 Å². The molecule has 2 aliphatic carbocycles. The van der Waals surface area contributed by atoms with Crippen LogP contribution in [0, 0.1) is 6.92 Å². The van der Waals surface area contributed by atoms with Crippen molar-refractivity contribution in [2.75, 3.05) is 5.32 Å². The van der Waals surface area contributed by atoms with E-state index in [2.05, 4.69) is 10.6 Å². The van der Waals surface area contributed by atoms with E-state index < -0.39 is 6.10 Å². The molecule has 2 fully saturated rings. The zero-order valence-corrected chi connectivity index (χ0v) is 13.7. The minimum atomic E-state index is -0.432. The first kappa shape index (κ1) is 16.1. The zero-order chi connectivity index (χ0) is 16.2. The van der Waals surface area contributed by atoms with Gasteiger partial charge in [-0.1, -0.05) is 6.07 Å². The molecule has 126 valence electrons. The largest absolute Gasteiger partial charge is 0.490 e. The van der Waals surface area contributed by atoms with Crippen LogP contribution in [-0.4, -0.2) is 29.4 Å². The maximum Gasteiger partial charge on any atom is 0.319 e. The van der Waals surface area contributed by atoms with E-state index in [0.29, 0.717) is 6.10 Å². The molecule has 2 aliphatic rings. The fourth-order valence-corrected chi connectivity index (χ4v) is 3.50. The number of hydrogen-bond donors (Lipinski definition) is 3. The molecule has 0 bridgehead atoms. The molecule has 2 unspecified atom stereocenters. The number of urea groups is 1. The van der Waals surface area contributed by atoms with Crippen molar-refractivity contribution in [3.05, 3.63) is 23.8 Å². The number of carbonyl (C=O) groups is 1. The summed E-state index contributed by atoms with van der Waals surface area (Å²) in [5, 5.41) is 15.5. The average molecular weight is 318 g/mol. The molecule has 0 heterocycles. The summed E-state index contributed by atoms with van der Waals surface area (Å²) >= 11 is 0. The Kier molecular flexibility index (Phi) is 5.06. The second-order valence-corrected chi connectivity index (χ2v) is 6.66. The Morgan fingerprint density at radius 2 is 1.96 bits per heavy atom. The number of nitrogens with one attached hydrogen (secondary N) is 2. The summed E-state index contributed by atoms with van der Waals surface area (Å²) in [6, 6.07) is 5.32. The Bertz CT molecular complexity index is 555. The highest BCUT2D eigenvalue weighted by molar-refractivity contribution is 5.90. The van der Waals surface area contributed by atoms with E-state index in [1.807, 2.05) is 25.1 Å². The van der Waals surface area contributed by atoms with Crippen LogP contribution in [0.4, 0.5) is 10.5 Å². The minimum absolute atomic E-state index is 0.145. The number of rotatable bonds is 4. The van der Waals surface area contributed by atoms with Crippen LogP contribution >= 0.6 is 0 Å². The lowest BCUT2D eigenvalue weighted by Gasteiger charge is -2.19. The molecule has 0 radical (unpaired) electrons. The van der Waals surface area contributed by atoms with Gasteiger partial charge < -0.3 is 20.5 Å². The van der Waals surface area contributed by atoms with E-state index in [4.69, 9.17) is 4.74 Å². The molecule has 3 N–H and O–H groups in total. The monoisotopic (exact) mass is 318 g/mol. The van der Waals surface area contributed by atoms with Gasteiger partial charge in [-0.3, -0.25) is 0 Å². The highest BCUT2D eigenvalue weighted by Crippen LogP contribution is 2.30. The highest BCUT2D eigenvalue weighted by Gasteiger charge is 2.26. The van der Waals surface area contributed by atoms with Gasteiger partial charge in [-0.2, -0.15) is 0 Å². The summed E-state index contributed by atoms with van der Waals surface area (Å²) < 4.78 is 6.07. The van der Waals surface area contributed by atoms with Crippen LogP contribution in [0.1, 0.15) is 50.5 Å². The molecule has 2 atom stereocenters. The summed E-state index contributed by atoms with van der Waals surface area (Å²) in [7, 11) is 0. The number of aliphatic hydroxyl groups is 1. The molecule has 23 heavy (non-hydrogen) atoms. The predicted molar refractivity (Wildman–Crippen MR) is 89.9 cm³/mol. The van der Waals surface area contributed by atoms with E-state index in [-0.39, 0.29) is 12.1 Å². The van der Waals surface area contributed by atoms with Crippen molar-refractivity contribution >= 4 is 11.7 Å². The van der Waals surface area contributed by atoms with Crippen molar-refractivity contribution in [1.29, 1.82) is 0 Å². The molecule has 0 saturated heterocycles. The summed E-state index contributed by atoms with van der Waals surface area (Å²) in [6.45, 7) is 1.96. The van der Waals surface area contributed by atoms with Crippen molar-refractivity contribution in [3.8, 4) is 5.75 Å². The van der Waals surface area contributed by atoms with Crippen molar-refractivity contribution in [2.45, 2.75) is 70.1 Å². The second-order valence-electron chi connectivity index (χ2n) is 6.66. The van der Waals surface area contributed by atoms with E-state index in [0.717, 1.165) is 49.1 Å². The summed E-state index contributed by atoms with van der Waals surface area (Å²) in [4.78, 5) is 12.1. The molecule has 1 aromatic rings. The van der Waals surface area contributed by atoms with Gasteiger partial charge in [0.25, 0.3) is 0 Å². The molecule has 0 spiro atoms.